The number of benzene rings is 3. The standard InChI is InChI=1S/C28H30O5/c29-17-16-25-27(31-19-23-12-6-2-7-13-23)28(32-20-24-14-8-3-9-15-24)26(33-25)21-30-18-22-10-4-1-5-11-22/h1-15,17,25-28H,16,18-21H2/t25-,26-,27-,28-/m1/s1. The third-order valence-electron chi connectivity index (χ3n) is 5.70. The summed E-state index contributed by atoms with van der Waals surface area (Å²) in [6, 6.07) is 30.0. The van der Waals surface area contributed by atoms with Gasteiger partial charge in [0.2, 0.25) is 0 Å². The van der Waals surface area contributed by atoms with Crippen LogP contribution in [0.3, 0.4) is 0 Å². The highest BCUT2D eigenvalue weighted by atomic mass is 16.6. The minimum atomic E-state index is -0.377. The molecule has 5 nitrogen and oxygen atoms in total. The summed E-state index contributed by atoms with van der Waals surface area (Å²) in [5.41, 5.74) is 3.23. The molecular formula is C28H30O5. The Morgan fingerprint density at radius 2 is 1.09 bits per heavy atom. The minimum absolute atomic E-state index is 0.250. The summed E-state index contributed by atoms with van der Waals surface area (Å²) < 4.78 is 24.8. The Kier molecular flexibility index (Phi) is 8.78. The number of hydrogen-bond acceptors (Lipinski definition) is 5. The first-order chi connectivity index (χ1) is 16.3. The molecule has 0 aromatic heterocycles. The molecule has 33 heavy (non-hydrogen) atoms. The van der Waals surface area contributed by atoms with E-state index in [-0.39, 0.29) is 30.8 Å². The summed E-state index contributed by atoms with van der Waals surface area (Å²) in [6.07, 6.45) is -0.301. The van der Waals surface area contributed by atoms with E-state index >= 15 is 0 Å². The molecule has 1 aliphatic heterocycles. The third kappa shape index (κ3) is 6.83. The lowest BCUT2D eigenvalue weighted by Gasteiger charge is -2.25. The highest BCUT2D eigenvalue weighted by Gasteiger charge is 2.46. The molecule has 0 bridgehead atoms. The van der Waals surface area contributed by atoms with Crippen LogP contribution in [0.25, 0.3) is 0 Å². The fourth-order valence-corrected chi connectivity index (χ4v) is 4.03. The Morgan fingerprint density at radius 1 is 0.636 bits per heavy atom. The van der Waals surface area contributed by atoms with Crippen molar-refractivity contribution in [2.45, 2.75) is 50.7 Å². The van der Waals surface area contributed by atoms with Gasteiger partial charge in [0.25, 0.3) is 0 Å². The minimum Gasteiger partial charge on any atom is -0.374 e. The molecule has 0 amide bonds. The van der Waals surface area contributed by atoms with Gasteiger partial charge in [0.15, 0.2) is 0 Å². The zero-order valence-corrected chi connectivity index (χ0v) is 18.6. The normalized spacial score (nSPS) is 22.3. The lowest BCUT2D eigenvalue weighted by atomic mass is 10.1. The van der Waals surface area contributed by atoms with E-state index in [0.717, 1.165) is 23.0 Å². The van der Waals surface area contributed by atoms with Crippen molar-refractivity contribution in [1.29, 1.82) is 0 Å². The van der Waals surface area contributed by atoms with Gasteiger partial charge in [-0.25, -0.2) is 0 Å². The lowest BCUT2D eigenvalue weighted by molar-refractivity contribution is -0.113. The van der Waals surface area contributed by atoms with Crippen LogP contribution in [0.4, 0.5) is 0 Å². The lowest BCUT2D eigenvalue weighted by Crippen LogP contribution is -2.39. The second-order valence-corrected chi connectivity index (χ2v) is 8.14. The second kappa shape index (κ2) is 12.4. The number of aldehydes is 1. The maximum absolute atomic E-state index is 11.4. The predicted molar refractivity (Wildman–Crippen MR) is 125 cm³/mol. The van der Waals surface area contributed by atoms with Crippen LogP contribution in [-0.2, 0) is 43.6 Å². The smallest absolute Gasteiger partial charge is 0.122 e. The van der Waals surface area contributed by atoms with Crippen molar-refractivity contribution in [3.05, 3.63) is 108 Å². The Balaban J connectivity index is 1.45. The summed E-state index contributed by atoms with van der Waals surface area (Å²) >= 11 is 0. The van der Waals surface area contributed by atoms with E-state index in [4.69, 9.17) is 18.9 Å². The first-order valence-electron chi connectivity index (χ1n) is 11.4. The van der Waals surface area contributed by atoms with Crippen LogP contribution >= 0.6 is 0 Å². The summed E-state index contributed by atoms with van der Waals surface area (Å²) in [5, 5.41) is 0. The number of carbonyl (C=O) groups excluding carboxylic acids is 1. The number of rotatable bonds is 12. The van der Waals surface area contributed by atoms with Gasteiger partial charge in [0.1, 0.15) is 24.6 Å². The van der Waals surface area contributed by atoms with Crippen molar-refractivity contribution >= 4 is 6.29 Å². The molecule has 1 aliphatic rings. The SMILES string of the molecule is O=CC[C@H]1O[C@H](COCc2ccccc2)[C@@H](OCc2ccccc2)[C@@H]1OCc1ccccc1. The number of ether oxygens (including phenoxy) is 4. The van der Waals surface area contributed by atoms with Gasteiger partial charge in [-0.2, -0.15) is 0 Å². The van der Waals surface area contributed by atoms with Gasteiger partial charge in [0.05, 0.1) is 32.5 Å². The Morgan fingerprint density at radius 3 is 1.58 bits per heavy atom. The third-order valence-corrected chi connectivity index (χ3v) is 5.70. The molecule has 1 saturated heterocycles. The average molecular weight is 447 g/mol. The summed E-state index contributed by atoms with van der Waals surface area (Å²) in [7, 11) is 0. The molecule has 1 fully saturated rings. The van der Waals surface area contributed by atoms with Gasteiger partial charge >= 0.3 is 0 Å². The molecule has 0 aliphatic carbocycles. The highest BCUT2D eigenvalue weighted by molar-refractivity contribution is 5.50. The molecule has 5 heteroatoms. The first-order valence-corrected chi connectivity index (χ1v) is 11.4. The van der Waals surface area contributed by atoms with E-state index < -0.39 is 0 Å². The highest BCUT2D eigenvalue weighted by Crippen LogP contribution is 2.30. The van der Waals surface area contributed by atoms with Crippen LogP contribution in [0.5, 0.6) is 0 Å². The predicted octanol–water partition coefficient (Wildman–Crippen LogP) is 4.73. The quantitative estimate of drug-likeness (QED) is 0.377. The van der Waals surface area contributed by atoms with E-state index in [1.54, 1.807) is 0 Å². The Bertz CT molecular complexity index is 948. The van der Waals surface area contributed by atoms with Crippen molar-refractivity contribution in [3.8, 4) is 0 Å². The van der Waals surface area contributed by atoms with Crippen molar-refractivity contribution in [2.75, 3.05) is 6.61 Å². The van der Waals surface area contributed by atoms with E-state index in [0.29, 0.717) is 26.4 Å². The number of hydrogen-bond donors (Lipinski definition) is 0. The molecule has 0 unspecified atom stereocenters. The van der Waals surface area contributed by atoms with Crippen LogP contribution < -0.4 is 0 Å². The number of carbonyl (C=O) groups is 1. The maximum atomic E-state index is 11.4. The van der Waals surface area contributed by atoms with Crippen molar-refractivity contribution in [3.63, 3.8) is 0 Å². The summed E-state index contributed by atoms with van der Waals surface area (Å²) in [5.74, 6) is 0. The molecule has 0 N–H and O–H groups in total. The van der Waals surface area contributed by atoms with Crippen molar-refractivity contribution in [1.82, 2.24) is 0 Å². The van der Waals surface area contributed by atoms with Gasteiger partial charge in [-0.1, -0.05) is 91.0 Å². The molecule has 3 aromatic carbocycles. The zero-order chi connectivity index (χ0) is 22.7. The van der Waals surface area contributed by atoms with Crippen LogP contribution in [0.1, 0.15) is 23.1 Å². The average Bonchev–Trinajstić information content (AvgIpc) is 3.19. The van der Waals surface area contributed by atoms with E-state index in [2.05, 4.69) is 0 Å². The summed E-state index contributed by atoms with van der Waals surface area (Å²) in [4.78, 5) is 11.4. The van der Waals surface area contributed by atoms with Gasteiger partial charge in [-0.15, -0.1) is 0 Å². The molecule has 0 spiro atoms. The monoisotopic (exact) mass is 446 g/mol. The van der Waals surface area contributed by atoms with Crippen molar-refractivity contribution in [2.24, 2.45) is 0 Å². The van der Waals surface area contributed by atoms with Gasteiger partial charge < -0.3 is 23.7 Å². The van der Waals surface area contributed by atoms with E-state index in [9.17, 15) is 4.79 Å². The molecule has 0 saturated carbocycles. The van der Waals surface area contributed by atoms with Crippen LogP contribution in [-0.4, -0.2) is 37.3 Å². The molecule has 4 atom stereocenters. The Labute approximate surface area is 195 Å². The molecule has 1 heterocycles. The van der Waals surface area contributed by atoms with E-state index in [1.807, 2.05) is 91.0 Å². The van der Waals surface area contributed by atoms with Gasteiger partial charge in [-0.3, -0.25) is 0 Å². The largest absolute Gasteiger partial charge is 0.374 e. The Hall–Kier alpha value is -2.83. The van der Waals surface area contributed by atoms with Gasteiger partial charge in [0, 0.05) is 6.42 Å². The zero-order valence-electron chi connectivity index (χ0n) is 18.6. The second-order valence-electron chi connectivity index (χ2n) is 8.14. The molecular weight excluding hydrogens is 416 g/mol. The van der Waals surface area contributed by atoms with Crippen LogP contribution in [0.15, 0.2) is 91.0 Å². The molecule has 172 valence electrons. The molecule has 4 rings (SSSR count). The summed E-state index contributed by atoms with van der Waals surface area (Å²) in [6.45, 7) is 1.70. The molecule has 3 aromatic rings. The fraction of sp³-hybridized carbons (Fsp3) is 0.321. The van der Waals surface area contributed by atoms with Crippen LogP contribution in [0, 0.1) is 0 Å². The first kappa shape index (κ1) is 23.3. The van der Waals surface area contributed by atoms with Gasteiger partial charge in [-0.05, 0) is 16.7 Å². The molecule has 0 radical (unpaired) electrons. The topological polar surface area (TPSA) is 54.0 Å². The van der Waals surface area contributed by atoms with Crippen molar-refractivity contribution < 1.29 is 23.7 Å². The maximum Gasteiger partial charge on any atom is 0.122 e. The van der Waals surface area contributed by atoms with Crippen LogP contribution in [0.2, 0.25) is 0 Å². The fourth-order valence-electron chi connectivity index (χ4n) is 4.03. The van der Waals surface area contributed by atoms with E-state index in [1.165, 1.54) is 0 Å².